The number of aromatic nitrogens is 1. The predicted octanol–water partition coefficient (Wildman–Crippen LogP) is 2.06. The molecule has 19 heavy (non-hydrogen) atoms. The molecule has 0 aliphatic heterocycles. The smallest absolute Gasteiger partial charge is 0.336 e. The van der Waals surface area contributed by atoms with Gasteiger partial charge in [0.2, 0.25) is 5.88 Å². The number of nitrogens with zero attached hydrogens (tertiary/aromatic N) is 2. The van der Waals surface area contributed by atoms with Crippen molar-refractivity contribution in [2.75, 3.05) is 0 Å². The Hall–Kier alpha value is -2.96. The predicted molar refractivity (Wildman–Crippen MR) is 65.0 cm³/mol. The lowest BCUT2D eigenvalue weighted by atomic mass is 10.00. The normalized spacial score (nSPS) is 10.1. The Morgan fingerprint density at radius 1 is 1.26 bits per heavy atom. The van der Waals surface area contributed by atoms with E-state index in [-0.39, 0.29) is 28.3 Å². The van der Waals surface area contributed by atoms with Crippen molar-refractivity contribution in [3.8, 4) is 17.0 Å². The van der Waals surface area contributed by atoms with Gasteiger partial charge in [0, 0.05) is 29.5 Å². The van der Waals surface area contributed by atoms with E-state index in [2.05, 4.69) is 4.98 Å². The number of aromatic carboxylic acids is 1. The van der Waals surface area contributed by atoms with Gasteiger partial charge in [-0.3, -0.25) is 10.1 Å². The first-order chi connectivity index (χ1) is 9.00. The van der Waals surface area contributed by atoms with Crippen LogP contribution in [-0.2, 0) is 0 Å². The second-order valence-corrected chi connectivity index (χ2v) is 3.67. The molecule has 7 nitrogen and oxygen atoms in total. The standard InChI is InChI=1S/C12H8N2O5/c15-11-9(2-1-5-13-11)8-4-3-7(14(18)19)6-10(8)12(16)17/h1-6H,(H,13,15)(H,16,17). The molecule has 0 atom stereocenters. The molecule has 96 valence electrons. The molecule has 0 amide bonds. The fourth-order valence-electron chi connectivity index (χ4n) is 1.66. The van der Waals surface area contributed by atoms with Crippen LogP contribution in [0.1, 0.15) is 10.4 Å². The van der Waals surface area contributed by atoms with E-state index in [1.165, 1.54) is 30.5 Å². The first kappa shape index (κ1) is 12.5. The Bertz CT molecular complexity index is 669. The third-order valence-electron chi connectivity index (χ3n) is 2.52. The molecular weight excluding hydrogens is 252 g/mol. The number of carboxylic acid groups (broad SMARTS) is 1. The SMILES string of the molecule is O=C(O)c1cc([N+](=O)[O-])ccc1-c1cccnc1O. The monoisotopic (exact) mass is 260 g/mol. The quantitative estimate of drug-likeness (QED) is 0.644. The van der Waals surface area contributed by atoms with Crippen LogP contribution < -0.4 is 0 Å². The Morgan fingerprint density at radius 3 is 2.58 bits per heavy atom. The summed E-state index contributed by atoms with van der Waals surface area (Å²) in [7, 11) is 0. The maximum Gasteiger partial charge on any atom is 0.336 e. The van der Waals surface area contributed by atoms with Gasteiger partial charge in [-0.1, -0.05) is 0 Å². The molecule has 0 unspecified atom stereocenters. The zero-order valence-corrected chi connectivity index (χ0v) is 9.48. The third kappa shape index (κ3) is 2.34. The number of pyridine rings is 1. The fourth-order valence-corrected chi connectivity index (χ4v) is 1.66. The summed E-state index contributed by atoms with van der Waals surface area (Å²) in [6.07, 6.45) is 1.35. The van der Waals surface area contributed by atoms with Crippen LogP contribution in [0.25, 0.3) is 11.1 Å². The molecule has 7 heteroatoms. The van der Waals surface area contributed by atoms with Crippen molar-refractivity contribution in [1.29, 1.82) is 0 Å². The van der Waals surface area contributed by atoms with Crippen molar-refractivity contribution < 1.29 is 19.9 Å². The van der Waals surface area contributed by atoms with Crippen LogP contribution >= 0.6 is 0 Å². The highest BCUT2D eigenvalue weighted by Crippen LogP contribution is 2.31. The van der Waals surface area contributed by atoms with E-state index in [1.807, 2.05) is 0 Å². The molecule has 0 saturated heterocycles. The molecule has 0 radical (unpaired) electrons. The summed E-state index contributed by atoms with van der Waals surface area (Å²) >= 11 is 0. The number of nitro groups is 1. The number of benzene rings is 1. The molecule has 0 bridgehead atoms. The van der Waals surface area contributed by atoms with E-state index in [4.69, 9.17) is 5.11 Å². The van der Waals surface area contributed by atoms with Crippen molar-refractivity contribution in [2.45, 2.75) is 0 Å². The highest BCUT2D eigenvalue weighted by molar-refractivity contribution is 5.97. The van der Waals surface area contributed by atoms with Crippen molar-refractivity contribution in [1.82, 2.24) is 4.98 Å². The molecule has 2 aromatic rings. The Balaban J connectivity index is 2.67. The van der Waals surface area contributed by atoms with Crippen LogP contribution in [0, 0.1) is 10.1 Å². The van der Waals surface area contributed by atoms with Gasteiger partial charge in [0.1, 0.15) is 0 Å². The van der Waals surface area contributed by atoms with Gasteiger partial charge < -0.3 is 10.2 Å². The van der Waals surface area contributed by atoms with E-state index >= 15 is 0 Å². The maximum absolute atomic E-state index is 11.2. The highest BCUT2D eigenvalue weighted by Gasteiger charge is 2.18. The highest BCUT2D eigenvalue weighted by atomic mass is 16.6. The fraction of sp³-hybridized carbons (Fsp3) is 0. The number of carboxylic acids is 1. The van der Waals surface area contributed by atoms with Gasteiger partial charge in [-0.15, -0.1) is 0 Å². The topological polar surface area (TPSA) is 114 Å². The van der Waals surface area contributed by atoms with E-state index in [0.29, 0.717) is 0 Å². The number of nitro benzene ring substituents is 1. The molecule has 2 N–H and O–H groups in total. The Kier molecular flexibility index (Phi) is 3.11. The molecule has 0 saturated carbocycles. The van der Waals surface area contributed by atoms with E-state index in [9.17, 15) is 20.0 Å². The van der Waals surface area contributed by atoms with Crippen LogP contribution in [0.3, 0.4) is 0 Å². The van der Waals surface area contributed by atoms with E-state index in [0.717, 1.165) is 6.07 Å². The van der Waals surface area contributed by atoms with Crippen LogP contribution in [0.4, 0.5) is 5.69 Å². The van der Waals surface area contributed by atoms with Crippen molar-refractivity contribution in [3.05, 3.63) is 52.2 Å². The molecule has 2 rings (SSSR count). The van der Waals surface area contributed by atoms with Gasteiger partial charge in [0.15, 0.2) is 0 Å². The zero-order chi connectivity index (χ0) is 14.0. The minimum absolute atomic E-state index is 0.170. The number of non-ortho nitro benzene ring substituents is 1. The largest absolute Gasteiger partial charge is 0.493 e. The van der Waals surface area contributed by atoms with Gasteiger partial charge in [-0.2, -0.15) is 0 Å². The Labute approximate surface area is 106 Å². The first-order valence-electron chi connectivity index (χ1n) is 5.17. The summed E-state index contributed by atoms with van der Waals surface area (Å²) in [5.41, 5.74) is -0.222. The van der Waals surface area contributed by atoms with Gasteiger partial charge in [-0.05, 0) is 18.2 Å². The van der Waals surface area contributed by atoms with Gasteiger partial charge in [-0.25, -0.2) is 9.78 Å². The number of aromatic hydroxyl groups is 1. The molecule has 0 aliphatic rings. The summed E-state index contributed by atoms with van der Waals surface area (Å²) in [6, 6.07) is 6.41. The van der Waals surface area contributed by atoms with Crippen LogP contribution in [0.15, 0.2) is 36.5 Å². The molecule has 1 heterocycles. The number of hydrogen-bond acceptors (Lipinski definition) is 5. The minimum atomic E-state index is -1.32. The molecule has 1 aromatic heterocycles. The second kappa shape index (κ2) is 4.73. The van der Waals surface area contributed by atoms with E-state index < -0.39 is 10.9 Å². The third-order valence-corrected chi connectivity index (χ3v) is 2.52. The summed E-state index contributed by atoms with van der Waals surface area (Å²) in [5, 5.41) is 29.4. The van der Waals surface area contributed by atoms with Gasteiger partial charge in [0.05, 0.1) is 10.5 Å². The molecular formula is C12H8N2O5. The molecule has 1 aromatic carbocycles. The first-order valence-corrected chi connectivity index (χ1v) is 5.17. The molecule has 0 aliphatic carbocycles. The summed E-state index contributed by atoms with van der Waals surface area (Å²) in [6.45, 7) is 0. The minimum Gasteiger partial charge on any atom is -0.493 e. The lowest BCUT2D eigenvalue weighted by Gasteiger charge is -2.07. The summed E-state index contributed by atoms with van der Waals surface area (Å²) < 4.78 is 0. The van der Waals surface area contributed by atoms with Gasteiger partial charge >= 0.3 is 5.97 Å². The maximum atomic E-state index is 11.2. The Morgan fingerprint density at radius 2 is 2.00 bits per heavy atom. The average Bonchev–Trinajstić information content (AvgIpc) is 2.38. The van der Waals surface area contributed by atoms with E-state index in [1.54, 1.807) is 0 Å². The van der Waals surface area contributed by atoms with Crippen molar-refractivity contribution in [3.63, 3.8) is 0 Å². The molecule has 0 fully saturated rings. The van der Waals surface area contributed by atoms with Crippen LogP contribution in [0.5, 0.6) is 5.88 Å². The summed E-state index contributed by atoms with van der Waals surface area (Å²) in [4.78, 5) is 24.8. The summed E-state index contributed by atoms with van der Waals surface area (Å²) in [5.74, 6) is -1.65. The number of hydrogen-bond donors (Lipinski definition) is 2. The molecule has 0 spiro atoms. The average molecular weight is 260 g/mol. The number of rotatable bonds is 3. The van der Waals surface area contributed by atoms with Crippen LogP contribution in [-0.4, -0.2) is 26.1 Å². The van der Waals surface area contributed by atoms with Crippen molar-refractivity contribution in [2.24, 2.45) is 0 Å². The van der Waals surface area contributed by atoms with Gasteiger partial charge in [0.25, 0.3) is 5.69 Å². The van der Waals surface area contributed by atoms with Crippen molar-refractivity contribution >= 4 is 11.7 Å². The number of carbonyl (C=O) groups is 1. The second-order valence-electron chi connectivity index (χ2n) is 3.67. The van der Waals surface area contributed by atoms with Crippen LogP contribution in [0.2, 0.25) is 0 Å². The lowest BCUT2D eigenvalue weighted by Crippen LogP contribution is -2.01. The lowest BCUT2D eigenvalue weighted by molar-refractivity contribution is -0.384. The zero-order valence-electron chi connectivity index (χ0n) is 9.48.